The van der Waals surface area contributed by atoms with Gasteiger partial charge in [-0.05, 0) is 134 Å². The topological polar surface area (TPSA) is 653 Å². The number of phenolic OH excluding ortho intramolecular Hbond substituents is 3. The lowest BCUT2D eigenvalue weighted by Gasteiger charge is -2.46. The monoisotopic (exact) mass is 1900 g/mol. The van der Waals surface area contributed by atoms with E-state index in [0.29, 0.717) is 5.56 Å². The van der Waals surface area contributed by atoms with Crippen LogP contribution in [0, 0.1) is 5.92 Å². The molecule has 5 aromatic carbocycles. The number of aromatic nitrogens is 1. The molecule has 9 heterocycles. The van der Waals surface area contributed by atoms with Gasteiger partial charge in [0, 0.05) is 66.4 Å². The summed E-state index contributed by atoms with van der Waals surface area (Å²) in [7, 11) is 1.44. The number of aliphatic hydroxyl groups is 8. The highest BCUT2D eigenvalue weighted by atomic mass is 35.5. The first-order valence-electron chi connectivity index (χ1n) is 41.2. The molecule has 6 aromatic rings. The molecule has 8 aliphatic rings. The lowest BCUT2D eigenvalue weighted by atomic mass is 9.86. The van der Waals surface area contributed by atoms with Crippen molar-refractivity contribution < 1.29 is 160 Å². The highest BCUT2D eigenvalue weighted by Gasteiger charge is 2.53. The molecule has 3 saturated heterocycles. The van der Waals surface area contributed by atoms with Crippen LogP contribution in [0.1, 0.15) is 121 Å². The van der Waals surface area contributed by atoms with E-state index in [-0.39, 0.29) is 42.1 Å². The standard InChI is InChI=1S/C86H97Cl2F3N12O30/c1-33(2)17-47(94-6)76(117)102-63-65(109)38-11-14-51(45(87)20-38)126-53-22-40-23-54(72(53)131-84-70(114)68(112)73(56(32-104)129-84)132-83-69(113)67(111)66(110)55(128-83)31-96-29-36-18-41(30-95-28-36)75(116)97-16-8-7-9-34(3)133-86(89,90)91)127-52-15-12-39(21-46(52)88)71(130-58-27-85(5,93)74(115)35(4)125-58)64-81(122)101-62(82(123)124)44-24-42(105)25-50(107)59(44)43-19-37(10-13-49(43)106)60(78(119)103-64)100-79(120)61(40)99-77(118)48(26-57(92)108)98-80(63)121/h7-16,18-25,28,30,33,35,47-48,55-56,58,60-71,73-74,83-84,94,96,104-107,109-115H,3,17,26-27,29,31-32,93H2,1-2,4-6H3,(H2,92,108)(H,97,116)(H,98,121)(H,99,118)(H,100,120)(H,101,122)(H,102,117)(H,103,119)(H,123,124)/b9-7-,16-8+/t35-,47+,48+,55+,56+,58-,60+,61+,62-,63?,64-,65+,66-,67-,68+,69+,70+,71+,73+,74-,83-,84-,85-/m0/s1. The smallest absolute Gasteiger partial charge is 0.508 e. The third-order valence-electron chi connectivity index (χ3n) is 22.4. The number of halogens is 5. The molecule has 47 heteroatoms. The molecule has 0 aliphatic carbocycles. The minimum Gasteiger partial charge on any atom is -0.508 e. The van der Waals surface area contributed by atoms with Gasteiger partial charge in [-0.2, -0.15) is 0 Å². The molecule has 14 rings (SSSR count). The first-order chi connectivity index (χ1) is 62.8. The van der Waals surface area contributed by atoms with Gasteiger partial charge in [0.1, 0.15) is 126 Å². The van der Waals surface area contributed by atoms with Crippen molar-refractivity contribution in [3.63, 3.8) is 0 Å². The summed E-state index contributed by atoms with van der Waals surface area (Å²) >= 11 is 14.5. The number of phenols is 3. The van der Waals surface area contributed by atoms with Crippen molar-refractivity contribution in [3.8, 4) is 57.1 Å². The number of aliphatic carboxylic acids is 1. The average Bonchev–Trinajstić information content (AvgIpc) is 0.762. The quantitative estimate of drug-likeness (QED) is 0.0296. The third-order valence-corrected chi connectivity index (χ3v) is 23.0. The van der Waals surface area contributed by atoms with Gasteiger partial charge < -0.3 is 163 Å². The SMILES string of the molecule is C=C(/C=C\C=C\NC(=O)c1cncc(CNC[C@H]2O[C@@H](O[C@H]3[C@H](O)[C@@H](O)[C@H](Oc4c5cc6cc4Oc4ccc(cc4Cl)[C@@H](O[C@H]4C[C@](C)(N)[C@@H](O)[C@H](C)O4)[C@@H]4NC(=O)[C@H](NC(=O)[C@@H]6NC(=O)[C@@H](CC(N)=O)NC(=O)C(NC(=O)[C@@H](CC(C)C)NC)[C@H](O)c6ccc(c(Cl)c6)O5)c5ccc(O)c(c5)-c5c(O)cc(O)cc5[C@@H](C(=O)O)NC4=O)O[C@@H]3CO)[C@H](O)[C@@H](O)[C@H]2O)c1)OC(F)(F)F. The predicted octanol–water partition coefficient (Wildman–Crippen LogP) is 0.973. The van der Waals surface area contributed by atoms with E-state index in [1.807, 2.05) is 0 Å². The number of pyridine rings is 1. The molecule has 1 aromatic heterocycles. The fourth-order valence-corrected chi connectivity index (χ4v) is 16.1. The number of allylic oxidation sites excluding steroid dienone is 3. The minimum absolute atomic E-state index is 0.00525. The Morgan fingerprint density at radius 1 is 0.714 bits per heavy atom. The number of rotatable bonds is 24. The molecule has 716 valence electrons. The van der Waals surface area contributed by atoms with Crippen molar-refractivity contribution in [1.29, 1.82) is 0 Å². The number of aromatic hydroxyl groups is 3. The Labute approximate surface area is 763 Å². The number of fused-ring (bicyclic) bond motifs is 15. The number of benzene rings is 5. The van der Waals surface area contributed by atoms with E-state index in [0.717, 1.165) is 91.1 Å². The number of primary amides is 1. The summed E-state index contributed by atoms with van der Waals surface area (Å²) in [5.41, 5.74) is 8.12. The van der Waals surface area contributed by atoms with Gasteiger partial charge in [-0.1, -0.05) is 67.9 Å². The Balaban J connectivity index is 0.979. The number of nitrogens with two attached hydrogens (primary N) is 2. The molecule has 8 aliphatic heterocycles. The number of amides is 8. The molecule has 133 heavy (non-hydrogen) atoms. The van der Waals surface area contributed by atoms with Crippen LogP contribution in [0.2, 0.25) is 10.0 Å². The molecule has 23 atom stereocenters. The summed E-state index contributed by atoms with van der Waals surface area (Å²) in [6, 6.07) is -0.189. The van der Waals surface area contributed by atoms with E-state index in [9.17, 15) is 93.6 Å². The van der Waals surface area contributed by atoms with E-state index in [4.69, 9.17) is 72.6 Å². The van der Waals surface area contributed by atoms with E-state index >= 15 is 24.0 Å². The van der Waals surface area contributed by atoms with Crippen molar-refractivity contribution in [2.24, 2.45) is 17.4 Å². The molecule has 11 bridgehead atoms. The molecule has 0 saturated carbocycles. The number of hydrogen-bond acceptors (Lipinski definition) is 33. The van der Waals surface area contributed by atoms with Crippen molar-refractivity contribution in [2.45, 2.75) is 200 Å². The van der Waals surface area contributed by atoms with Crippen LogP contribution in [0.25, 0.3) is 11.1 Å². The van der Waals surface area contributed by atoms with Crippen LogP contribution in [-0.2, 0) is 73.3 Å². The van der Waals surface area contributed by atoms with E-state index in [1.54, 1.807) is 13.8 Å². The van der Waals surface area contributed by atoms with Crippen LogP contribution in [-0.4, -0.2) is 256 Å². The number of carbonyl (C=O) groups excluding carboxylic acids is 8. The second kappa shape index (κ2) is 42.1. The summed E-state index contributed by atoms with van der Waals surface area (Å²) in [6.07, 6.45) is -28.5. The number of ether oxygens (including phenoxy) is 9. The zero-order valence-corrected chi connectivity index (χ0v) is 72.5. The van der Waals surface area contributed by atoms with Gasteiger partial charge in [-0.25, -0.2) is 4.79 Å². The molecule has 42 nitrogen and oxygen atoms in total. The number of aliphatic hydroxyl groups excluding tert-OH is 8. The molecular formula is C86H97Cl2F3N12O30. The Bertz CT molecular complexity index is 5470. The number of carboxylic acids is 1. The van der Waals surface area contributed by atoms with Gasteiger partial charge in [0.05, 0.1) is 46.9 Å². The van der Waals surface area contributed by atoms with Gasteiger partial charge in [0.2, 0.25) is 53.4 Å². The number of carbonyl (C=O) groups is 9. The van der Waals surface area contributed by atoms with E-state index < -0.39 is 309 Å². The summed E-state index contributed by atoms with van der Waals surface area (Å²) in [4.78, 5) is 137. The summed E-state index contributed by atoms with van der Waals surface area (Å²) < 4.78 is 92.2. The van der Waals surface area contributed by atoms with Crippen molar-refractivity contribution in [1.82, 2.24) is 52.8 Å². The van der Waals surface area contributed by atoms with Crippen molar-refractivity contribution >= 4 is 76.4 Å². The van der Waals surface area contributed by atoms with E-state index in [2.05, 4.69) is 64.2 Å². The zero-order chi connectivity index (χ0) is 96.8. The van der Waals surface area contributed by atoms with Gasteiger partial charge in [-0.3, -0.25) is 43.3 Å². The van der Waals surface area contributed by atoms with Crippen molar-refractivity contribution in [2.75, 3.05) is 20.2 Å². The number of nitrogens with zero attached hydrogens (tertiary/aromatic N) is 1. The van der Waals surface area contributed by atoms with Gasteiger partial charge in [-0.15, -0.1) is 13.2 Å². The first-order valence-corrected chi connectivity index (χ1v) is 41.9. The third kappa shape index (κ3) is 23.5. The summed E-state index contributed by atoms with van der Waals surface area (Å²) in [5, 5.41) is 161. The van der Waals surface area contributed by atoms with Crippen LogP contribution < -0.4 is 73.5 Å². The van der Waals surface area contributed by atoms with E-state index in [1.165, 1.54) is 51.5 Å². The molecule has 1 unspecified atom stereocenters. The zero-order valence-electron chi connectivity index (χ0n) is 71.0. The first kappa shape index (κ1) is 100. The molecule has 0 radical (unpaired) electrons. The van der Waals surface area contributed by atoms with Gasteiger partial charge in [0.15, 0.2) is 30.1 Å². The maximum Gasteiger partial charge on any atom is 0.573 e. The normalized spacial score (nSPS) is 28.8. The van der Waals surface area contributed by atoms with Gasteiger partial charge in [0.25, 0.3) is 5.91 Å². The number of hydrogen-bond donors (Lipinski definition) is 23. The Kier molecular flexibility index (Phi) is 31.6. The maximum atomic E-state index is 16.5. The van der Waals surface area contributed by atoms with Crippen LogP contribution in [0.4, 0.5) is 13.2 Å². The van der Waals surface area contributed by atoms with Crippen molar-refractivity contribution in [3.05, 3.63) is 183 Å². The second-order valence-electron chi connectivity index (χ2n) is 32.8. The number of likely N-dealkylation sites (N-methyl/N-ethyl adjacent to an activating group) is 1. The van der Waals surface area contributed by atoms with Crippen LogP contribution >= 0.6 is 23.2 Å². The van der Waals surface area contributed by atoms with Crippen LogP contribution in [0.3, 0.4) is 0 Å². The average molecular weight is 1910 g/mol. The Morgan fingerprint density at radius 3 is 1.99 bits per heavy atom. The minimum atomic E-state index is -4.98. The number of alkyl halides is 3. The number of nitrogens with one attached hydrogen (secondary N) is 9. The molecule has 8 amide bonds. The second-order valence-corrected chi connectivity index (χ2v) is 33.6. The largest absolute Gasteiger partial charge is 0.573 e. The van der Waals surface area contributed by atoms with Gasteiger partial charge >= 0.3 is 12.3 Å². The summed E-state index contributed by atoms with van der Waals surface area (Å²) in [6.45, 7) is 7.91. The molecule has 0 spiro atoms. The number of carboxylic acid groups (broad SMARTS) is 1. The lowest BCUT2D eigenvalue weighted by molar-refractivity contribution is -0.350. The maximum absolute atomic E-state index is 16.5. The molecule has 3 fully saturated rings. The Morgan fingerprint density at radius 2 is 1.35 bits per heavy atom. The highest BCUT2D eigenvalue weighted by molar-refractivity contribution is 6.32. The Hall–Kier alpha value is -12.0. The highest BCUT2D eigenvalue weighted by Crippen LogP contribution is 2.51. The fourth-order valence-electron chi connectivity index (χ4n) is 15.7. The molecular weight excluding hydrogens is 1810 g/mol. The van der Waals surface area contributed by atoms with Crippen LogP contribution in [0.15, 0.2) is 134 Å². The predicted molar refractivity (Wildman–Crippen MR) is 453 cm³/mol. The van der Waals surface area contributed by atoms with Crippen LogP contribution in [0.5, 0.6) is 46.0 Å². The fraction of sp³-hybridized carbons (Fsp3) is 0.419. The summed E-state index contributed by atoms with van der Waals surface area (Å²) in [5.74, 6) is -18.6. The lowest BCUT2D eigenvalue weighted by Crippen LogP contribution is -2.65. The molecule has 25 N–H and O–H groups in total.